The molecule has 2 atom stereocenters. The molecule has 1 fully saturated rings. The van der Waals surface area contributed by atoms with E-state index >= 15 is 0 Å². The van der Waals surface area contributed by atoms with Gasteiger partial charge in [-0.25, -0.2) is 14.0 Å². The van der Waals surface area contributed by atoms with Gasteiger partial charge in [0.2, 0.25) is 0 Å². The lowest BCUT2D eigenvalue weighted by molar-refractivity contribution is -0.178. The van der Waals surface area contributed by atoms with E-state index in [0.717, 1.165) is 84.8 Å². The number of carbonyl (C=O) groups is 5. The molecular formula is C42H54FN9O12S2. The molecule has 21 nitrogen and oxygen atoms in total. The molecule has 66 heavy (non-hydrogen) atoms. The van der Waals surface area contributed by atoms with Crippen molar-refractivity contribution in [2.45, 2.75) is 122 Å². The maximum absolute atomic E-state index is 14.2. The number of carbonyl (C=O) groups excluding carboxylic acids is 5. The van der Waals surface area contributed by atoms with Crippen molar-refractivity contribution < 1.29 is 59.5 Å². The Morgan fingerprint density at radius 2 is 1.36 bits per heavy atom. The van der Waals surface area contributed by atoms with Gasteiger partial charge in [0.05, 0.1) is 5.56 Å². The monoisotopic (exact) mass is 959 g/mol. The minimum Gasteiger partial charge on any atom is -0.446 e. The number of benzene rings is 2. The first-order chi connectivity index (χ1) is 31.8. The highest BCUT2D eigenvalue weighted by Crippen LogP contribution is 2.43. The van der Waals surface area contributed by atoms with Gasteiger partial charge in [0.15, 0.2) is 0 Å². The first-order valence-corrected chi connectivity index (χ1v) is 22.6. The Hall–Kier alpha value is -6.48. The molecule has 5 rings (SSSR count). The minimum atomic E-state index is -1.04. The molecule has 1 aliphatic carbocycles. The van der Waals surface area contributed by atoms with Crippen LogP contribution in [0.1, 0.15) is 130 Å². The van der Waals surface area contributed by atoms with Crippen LogP contribution >= 0.6 is 0 Å². The van der Waals surface area contributed by atoms with E-state index in [2.05, 4.69) is 30.2 Å². The highest BCUT2D eigenvalue weighted by atomic mass is 32.1. The lowest BCUT2D eigenvalue weighted by atomic mass is 9.95. The van der Waals surface area contributed by atoms with E-state index in [9.17, 15) is 28.4 Å². The largest absolute Gasteiger partial charge is 0.534 e. The zero-order chi connectivity index (χ0) is 48.9. The predicted molar refractivity (Wildman–Crippen MR) is 238 cm³/mol. The summed E-state index contributed by atoms with van der Waals surface area (Å²) in [5, 5.41) is 10.3. The second-order valence-electron chi connectivity index (χ2n) is 14.9. The molecule has 2 aromatic rings. The van der Waals surface area contributed by atoms with Gasteiger partial charge in [-0.1, -0.05) is 66.2 Å². The molecule has 1 N–H and O–H groups in total. The zero-order valence-electron chi connectivity index (χ0n) is 37.0. The molecule has 2 unspecified atom stereocenters. The van der Waals surface area contributed by atoms with Crippen LogP contribution in [-0.4, -0.2) is 95.7 Å². The quantitative estimate of drug-likeness (QED) is 0.0328. The lowest BCUT2D eigenvalue weighted by Gasteiger charge is -2.22. The average Bonchev–Trinajstić information content (AvgIpc) is 3.76. The fourth-order valence-corrected chi connectivity index (χ4v) is 7.25. The third-order valence-corrected chi connectivity index (χ3v) is 10.5. The van der Waals surface area contributed by atoms with Crippen molar-refractivity contribution in [3.63, 3.8) is 0 Å². The highest BCUT2D eigenvalue weighted by molar-refractivity contribution is 7.51. The summed E-state index contributed by atoms with van der Waals surface area (Å²) >= 11 is -1.50. The third-order valence-electron chi connectivity index (χ3n) is 10.5. The van der Waals surface area contributed by atoms with E-state index in [1.165, 1.54) is 12.1 Å². The summed E-state index contributed by atoms with van der Waals surface area (Å²) in [5.41, 5.74) is 22.9. The SMILES string of the molecule is CCC(CCCCCN=[N+]=[N-])OC(=O)N(C)Cc1ccc(C2=C3CCNC(=O)c4cc(F)cc(c43)C2)cc1.CCC(CCCCCN=[N+]=[N-])OC(=O)ON1C(=O)CCC1=O.O=S=O.O=S=O. The van der Waals surface area contributed by atoms with Crippen LogP contribution in [-0.2, 0) is 60.0 Å². The second kappa shape index (κ2) is 31.4. The molecule has 0 spiro atoms. The standard InChI is InChI=1S/C29H34FN5O3.C13H20N4O5.2O2S/c1-3-23(7-5-4-6-13-33-34-31)38-29(37)35(2)18-19-8-10-20(11-9-19)25-16-21-15-22(30)17-26-27(21)24(25)12-14-32-28(26)36;1-2-10(6-4-3-5-9-15-16-14)21-13(20)22-17-11(18)7-8-12(17)19;2*1-3-2/h8-11,15,17,23H,3-7,12-14,16,18H2,1-2H3,(H,32,36);10H,2-9H2,1H3;;. The summed E-state index contributed by atoms with van der Waals surface area (Å²) in [4.78, 5) is 71.0. The van der Waals surface area contributed by atoms with Crippen LogP contribution in [0.3, 0.4) is 0 Å². The molecule has 0 aromatic heterocycles. The molecule has 3 aliphatic rings. The Bertz CT molecular complexity index is 2160. The third kappa shape index (κ3) is 18.9. The maximum atomic E-state index is 14.2. The summed E-state index contributed by atoms with van der Waals surface area (Å²) < 4.78 is 58.2. The van der Waals surface area contributed by atoms with Gasteiger partial charge in [-0.3, -0.25) is 19.2 Å². The van der Waals surface area contributed by atoms with Crippen LogP contribution < -0.4 is 5.32 Å². The fourth-order valence-electron chi connectivity index (χ4n) is 7.25. The number of amides is 4. The molecule has 0 radical (unpaired) electrons. The molecule has 1 saturated heterocycles. The summed E-state index contributed by atoms with van der Waals surface area (Å²) in [6.07, 6.45) is 7.45. The first-order valence-electron chi connectivity index (χ1n) is 21.3. The topological polar surface area (TPSA) is 297 Å². The van der Waals surface area contributed by atoms with Gasteiger partial charge in [0, 0.05) is 55.9 Å². The molecule has 0 saturated carbocycles. The number of nitrogens with zero attached hydrogens (tertiary/aromatic N) is 8. The van der Waals surface area contributed by atoms with Crippen molar-refractivity contribution in [3.05, 3.63) is 90.9 Å². The number of rotatable bonds is 20. The fraction of sp³-hybridized carbons (Fsp3) is 0.548. The number of halogens is 1. The van der Waals surface area contributed by atoms with Gasteiger partial charge in [0.1, 0.15) is 18.0 Å². The Morgan fingerprint density at radius 3 is 1.89 bits per heavy atom. The van der Waals surface area contributed by atoms with Crippen molar-refractivity contribution >= 4 is 64.3 Å². The van der Waals surface area contributed by atoms with E-state index in [1.807, 2.05) is 38.1 Å². The van der Waals surface area contributed by atoms with Crippen LogP contribution in [0.15, 0.2) is 46.6 Å². The normalized spacial score (nSPS) is 14.0. The van der Waals surface area contributed by atoms with Crippen LogP contribution in [0.25, 0.3) is 32.0 Å². The van der Waals surface area contributed by atoms with Gasteiger partial charge in [-0.2, -0.15) is 16.8 Å². The molecule has 0 bridgehead atoms. The lowest BCUT2D eigenvalue weighted by Crippen LogP contribution is -2.33. The van der Waals surface area contributed by atoms with E-state index in [1.54, 1.807) is 11.9 Å². The van der Waals surface area contributed by atoms with Crippen molar-refractivity contribution in [2.75, 3.05) is 26.7 Å². The van der Waals surface area contributed by atoms with Crippen LogP contribution in [0.5, 0.6) is 0 Å². The molecule has 2 heterocycles. The minimum absolute atomic E-state index is 0.0501. The second-order valence-corrected chi connectivity index (χ2v) is 15.2. The molecule has 358 valence electrons. The summed E-state index contributed by atoms with van der Waals surface area (Å²) in [6.45, 7) is 5.76. The number of ether oxygens (including phenoxy) is 2. The van der Waals surface area contributed by atoms with Crippen LogP contribution in [0, 0.1) is 5.82 Å². The Balaban J connectivity index is 0.000000453. The Kier molecular flexibility index (Phi) is 26.5. The van der Waals surface area contributed by atoms with E-state index in [-0.39, 0.29) is 37.0 Å². The number of hydrogen-bond donors (Lipinski definition) is 1. The molecule has 2 aromatic carbocycles. The van der Waals surface area contributed by atoms with Gasteiger partial charge in [-0.15, -0.1) is 0 Å². The molecule has 4 amide bonds. The Morgan fingerprint density at radius 1 is 0.818 bits per heavy atom. The van der Waals surface area contributed by atoms with Crippen molar-refractivity contribution in [2.24, 2.45) is 10.2 Å². The molecule has 24 heteroatoms. The number of hydrogen-bond acceptors (Lipinski definition) is 14. The average molecular weight is 960 g/mol. The summed E-state index contributed by atoms with van der Waals surface area (Å²) in [6, 6.07) is 10.9. The van der Waals surface area contributed by atoms with E-state index < -0.39 is 46.9 Å². The molecular weight excluding hydrogens is 906 g/mol. The van der Waals surface area contributed by atoms with Crippen molar-refractivity contribution in [1.29, 1.82) is 0 Å². The number of allylic oxidation sites excluding steroid dienone is 1. The maximum Gasteiger partial charge on any atom is 0.534 e. The van der Waals surface area contributed by atoms with Crippen LogP contribution in [0.4, 0.5) is 14.0 Å². The Labute approximate surface area is 388 Å². The van der Waals surface area contributed by atoms with Gasteiger partial charge in [0.25, 0.3) is 17.7 Å². The van der Waals surface area contributed by atoms with E-state index in [0.29, 0.717) is 62.5 Å². The number of hydroxylamine groups is 2. The number of azide groups is 2. The van der Waals surface area contributed by atoms with Crippen molar-refractivity contribution in [3.8, 4) is 0 Å². The number of imide groups is 1. The number of nitrogens with one attached hydrogen (secondary N) is 1. The van der Waals surface area contributed by atoms with Crippen molar-refractivity contribution in [1.82, 2.24) is 15.3 Å². The zero-order valence-corrected chi connectivity index (χ0v) is 38.7. The van der Waals surface area contributed by atoms with Gasteiger partial charge in [-0.05, 0) is 121 Å². The van der Waals surface area contributed by atoms with Crippen LogP contribution in [0.2, 0.25) is 0 Å². The summed E-state index contributed by atoms with van der Waals surface area (Å²) in [7, 11) is 1.73. The first kappa shape index (κ1) is 55.7. The molecule has 2 aliphatic heterocycles. The number of unbranched alkanes of at least 4 members (excludes halogenated alkanes) is 4. The van der Waals surface area contributed by atoms with Gasteiger partial charge < -0.3 is 19.7 Å². The smallest absolute Gasteiger partial charge is 0.446 e. The highest BCUT2D eigenvalue weighted by Gasteiger charge is 2.34. The predicted octanol–water partition coefficient (Wildman–Crippen LogP) is 8.16. The van der Waals surface area contributed by atoms with E-state index in [4.69, 9.17) is 37.4 Å². The summed E-state index contributed by atoms with van der Waals surface area (Å²) in [5.74, 6) is -1.68. The van der Waals surface area contributed by atoms with Gasteiger partial charge >= 0.3 is 35.4 Å².